The molecule has 0 N–H and O–H groups in total. The number of hydrogen-bond acceptors (Lipinski definition) is 4. The summed E-state index contributed by atoms with van der Waals surface area (Å²) >= 11 is 27.5. The summed E-state index contributed by atoms with van der Waals surface area (Å²) in [7, 11) is 1.67. The van der Waals surface area contributed by atoms with Gasteiger partial charge in [-0.1, -0.05) is 70.3 Å². The molecule has 3 aromatic carbocycles. The maximum atomic E-state index is 6.86. The molecule has 0 radical (unpaired) electrons. The molecule has 0 saturated heterocycles. The highest BCUT2D eigenvalue weighted by atomic mass is 35.5. The van der Waals surface area contributed by atoms with Crippen LogP contribution in [0, 0.1) is 0 Å². The third kappa shape index (κ3) is 4.78. The Morgan fingerprint density at radius 2 is 1.66 bits per heavy atom. The van der Waals surface area contributed by atoms with Crippen molar-refractivity contribution >= 4 is 75.1 Å². The molecule has 0 saturated carbocycles. The van der Waals surface area contributed by atoms with Gasteiger partial charge in [-0.3, -0.25) is 0 Å². The van der Waals surface area contributed by atoms with Crippen LogP contribution < -0.4 is 4.74 Å². The van der Waals surface area contributed by atoms with Gasteiger partial charge < -0.3 is 9.64 Å². The van der Waals surface area contributed by atoms with Gasteiger partial charge in [0.1, 0.15) is 5.75 Å². The Balaban J connectivity index is 1.50. The molecule has 1 aliphatic carbocycles. The standard InChI is InChI=1S/C30H22Cl4N2OS/c1-37-22-10-6-17(7-11-22)27-16-38-30-35-28-19(13-18-5-8-20(31)14-25(18)33)3-2-4-24(28)29(36(27)30)23-12-9-21(32)15-26(23)34/h5-16,29H,2-4H2,1H3. The maximum absolute atomic E-state index is 6.86. The van der Waals surface area contributed by atoms with Crippen LogP contribution in [0.3, 0.4) is 0 Å². The molecule has 6 rings (SSSR count). The van der Waals surface area contributed by atoms with Crippen molar-refractivity contribution in [3.63, 3.8) is 0 Å². The number of thioether (sulfide) groups is 1. The second-order valence-electron chi connectivity index (χ2n) is 9.25. The van der Waals surface area contributed by atoms with Crippen molar-refractivity contribution in [2.75, 3.05) is 7.11 Å². The Hall–Kier alpha value is -2.34. The van der Waals surface area contributed by atoms with Gasteiger partial charge in [0.25, 0.3) is 0 Å². The number of methoxy groups -OCH3 is 1. The number of aliphatic imine (C=N–C) groups is 1. The smallest absolute Gasteiger partial charge is 0.174 e. The van der Waals surface area contributed by atoms with Crippen molar-refractivity contribution in [3.8, 4) is 5.75 Å². The van der Waals surface area contributed by atoms with E-state index in [4.69, 9.17) is 56.1 Å². The van der Waals surface area contributed by atoms with Crippen LogP contribution >= 0.6 is 58.2 Å². The normalized spacial score (nSPS) is 19.8. The largest absolute Gasteiger partial charge is 0.497 e. The molecular formula is C30H22Cl4N2OS. The summed E-state index contributed by atoms with van der Waals surface area (Å²) in [6.07, 6.45) is 4.98. The molecule has 3 aliphatic rings. The molecule has 192 valence electrons. The number of halogens is 4. The highest BCUT2D eigenvalue weighted by Crippen LogP contribution is 2.52. The molecule has 0 bridgehead atoms. The second kappa shape index (κ2) is 10.7. The van der Waals surface area contributed by atoms with Gasteiger partial charge in [0.15, 0.2) is 5.17 Å². The lowest BCUT2D eigenvalue weighted by Crippen LogP contribution is -2.35. The number of nitrogens with zero attached hydrogens (tertiary/aromatic N) is 2. The third-order valence-corrected chi connectivity index (χ3v) is 8.94. The minimum absolute atomic E-state index is 0.116. The van der Waals surface area contributed by atoms with E-state index in [2.05, 4.69) is 28.5 Å². The van der Waals surface area contributed by atoms with E-state index >= 15 is 0 Å². The summed E-state index contributed by atoms with van der Waals surface area (Å²) in [6, 6.07) is 19.3. The quantitative estimate of drug-likeness (QED) is 0.298. The van der Waals surface area contributed by atoms with Crippen molar-refractivity contribution in [1.29, 1.82) is 0 Å². The molecule has 0 spiro atoms. The molecule has 3 nitrogen and oxygen atoms in total. The molecule has 8 heteroatoms. The Morgan fingerprint density at radius 3 is 2.37 bits per heavy atom. The summed E-state index contributed by atoms with van der Waals surface area (Å²) in [4.78, 5) is 7.53. The zero-order valence-electron chi connectivity index (χ0n) is 20.3. The highest BCUT2D eigenvalue weighted by molar-refractivity contribution is 8.16. The van der Waals surface area contributed by atoms with E-state index < -0.39 is 0 Å². The summed E-state index contributed by atoms with van der Waals surface area (Å²) in [5, 5.41) is 5.57. The van der Waals surface area contributed by atoms with Crippen LogP contribution in [-0.4, -0.2) is 17.2 Å². The van der Waals surface area contributed by atoms with E-state index in [9.17, 15) is 0 Å². The highest BCUT2D eigenvalue weighted by Gasteiger charge is 2.41. The average Bonchev–Trinajstić information content (AvgIpc) is 3.33. The minimum Gasteiger partial charge on any atom is -0.497 e. The lowest BCUT2D eigenvalue weighted by atomic mass is 9.82. The first kappa shape index (κ1) is 25.9. The van der Waals surface area contributed by atoms with Gasteiger partial charge in [0.05, 0.1) is 24.5 Å². The summed E-state index contributed by atoms with van der Waals surface area (Å²) < 4.78 is 5.38. The first-order valence-corrected chi connectivity index (χ1v) is 14.6. The Kier molecular flexibility index (Phi) is 7.28. The van der Waals surface area contributed by atoms with Gasteiger partial charge in [-0.05, 0) is 102 Å². The topological polar surface area (TPSA) is 24.8 Å². The van der Waals surface area contributed by atoms with Gasteiger partial charge in [-0.2, -0.15) is 0 Å². The van der Waals surface area contributed by atoms with E-state index in [1.807, 2.05) is 42.5 Å². The number of allylic oxidation sites excluding steroid dienone is 1. The Labute approximate surface area is 246 Å². The van der Waals surface area contributed by atoms with Gasteiger partial charge in [0, 0.05) is 25.5 Å². The van der Waals surface area contributed by atoms with Crippen LogP contribution in [0.25, 0.3) is 11.8 Å². The zero-order valence-corrected chi connectivity index (χ0v) is 24.2. The van der Waals surface area contributed by atoms with Gasteiger partial charge in [0.2, 0.25) is 0 Å². The van der Waals surface area contributed by atoms with Crippen molar-refractivity contribution in [1.82, 2.24) is 4.90 Å². The molecule has 1 atom stereocenters. The van der Waals surface area contributed by atoms with E-state index in [1.54, 1.807) is 24.9 Å². The van der Waals surface area contributed by atoms with Crippen molar-refractivity contribution in [2.45, 2.75) is 25.3 Å². The second-order valence-corrected chi connectivity index (χ2v) is 11.8. The number of benzene rings is 3. The maximum Gasteiger partial charge on any atom is 0.174 e. The molecular weight excluding hydrogens is 578 g/mol. The van der Waals surface area contributed by atoms with E-state index in [0.717, 1.165) is 63.8 Å². The molecule has 2 heterocycles. The summed E-state index contributed by atoms with van der Waals surface area (Å²) in [6.45, 7) is 0. The minimum atomic E-state index is -0.116. The third-order valence-electron chi connectivity index (χ3n) is 6.97. The van der Waals surface area contributed by atoms with Crippen LogP contribution in [0.15, 0.2) is 87.9 Å². The SMILES string of the molecule is COc1ccc(C2=CSC3=NC4=C(CCCC4=Cc4ccc(Cl)cc4Cl)C(c4ccc(Cl)cc4Cl)N23)cc1. The first-order chi connectivity index (χ1) is 18.4. The lowest BCUT2D eigenvalue weighted by molar-refractivity contribution is 0.414. The predicted molar refractivity (Wildman–Crippen MR) is 162 cm³/mol. The van der Waals surface area contributed by atoms with Gasteiger partial charge in [-0.25, -0.2) is 4.99 Å². The number of amidine groups is 1. The van der Waals surface area contributed by atoms with Crippen LogP contribution in [-0.2, 0) is 0 Å². The van der Waals surface area contributed by atoms with E-state index in [1.165, 1.54) is 5.57 Å². The van der Waals surface area contributed by atoms with E-state index in [0.29, 0.717) is 20.1 Å². The molecule has 38 heavy (non-hydrogen) atoms. The molecule has 1 unspecified atom stereocenters. The number of fused-ring (bicyclic) bond motifs is 1. The number of hydrogen-bond donors (Lipinski definition) is 0. The average molecular weight is 600 g/mol. The summed E-state index contributed by atoms with van der Waals surface area (Å²) in [5.74, 6) is 0.817. The molecule has 0 aromatic heterocycles. The van der Waals surface area contributed by atoms with E-state index in [-0.39, 0.29) is 6.04 Å². The Morgan fingerprint density at radius 1 is 0.921 bits per heavy atom. The van der Waals surface area contributed by atoms with Gasteiger partial charge >= 0.3 is 0 Å². The lowest BCUT2D eigenvalue weighted by Gasteiger charge is -2.40. The predicted octanol–water partition coefficient (Wildman–Crippen LogP) is 10.3. The molecule has 2 aliphatic heterocycles. The monoisotopic (exact) mass is 598 g/mol. The van der Waals surface area contributed by atoms with Crippen molar-refractivity contribution in [3.05, 3.63) is 120 Å². The van der Waals surface area contributed by atoms with Crippen molar-refractivity contribution < 1.29 is 4.74 Å². The van der Waals surface area contributed by atoms with Crippen LogP contribution in [0.1, 0.15) is 42.0 Å². The zero-order chi connectivity index (χ0) is 26.4. The van der Waals surface area contributed by atoms with Crippen LogP contribution in [0.5, 0.6) is 5.75 Å². The first-order valence-electron chi connectivity index (χ1n) is 12.2. The summed E-state index contributed by atoms with van der Waals surface area (Å²) in [5.41, 5.74) is 7.52. The number of rotatable bonds is 4. The fourth-order valence-electron chi connectivity index (χ4n) is 5.19. The number of ether oxygens (including phenoxy) is 1. The molecule has 0 fully saturated rings. The Bertz CT molecular complexity index is 1560. The fraction of sp³-hybridized carbons (Fsp3) is 0.167. The fourth-order valence-corrected chi connectivity index (χ4v) is 7.10. The molecule has 3 aromatic rings. The van der Waals surface area contributed by atoms with Gasteiger partial charge in [-0.15, -0.1) is 0 Å². The van der Waals surface area contributed by atoms with Crippen LogP contribution in [0.2, 0.25) is 20.1 Å². The van der Waals surface area contributed by atoms with Crippen molar-refractivity contribution in [2.24, 2.45) is 4.99 Å². The molecule has 0 amide bonds. The van der Waals surface area contributed by atoms with Crippen LogP contribution in [0.4, 0.5) is 0 Å².